The first kappa shape index (κ1) is 25.5. The maximum atomic E-state index is 14.0. The third-order valence-electron chi connectivity index (χ3n) is 7.80. The Balaban J connectivity index is 1.28. The second-order valence-corrected chi connectivity index (χ2v) is 12.8. The second kappa shape index (κ2) is 9.77. The zero-order valence-corrected chi connectivity index (χ0v) is 22.9. The van der Waals surface area contributed by atoms with E-state index in [1.165, 1.54) is 4.31 Å². The highest BCUT2D eigenvalue weighted by Gasteiger charge is 2.43. The van der Waals surface area contributed by atoms with Crippen LogP contribution in [0.15, 0.2) is 71.9 Å². The molecule has 1 fully saturated rings. The van der Waals surface area contributed by atoms with Crippen molar-refractivity contribution >= 4 is 44.1 Å². The van der Waals surface area contributed by atoms with Crippen molar-refractivity contribution in [2.75, 3.05) is 40.8 Å². The molecule has 2 aromatic heterocycles. The molecular weight excluding hydrogens is 512 g/mol. The van der Waals surface area contributed by atoms with Gasteiger partial charge in [-0.05, 0) is 55.2 Å². The predicted octanol–water partition coefficient (Wildman–Crippen LogP) is 4.46. The van der Waals surface area contributed by atoms with Gasteiger partial charge in [-0.1, -0.05) is 32.0 Å². The minimum Gasteiger partial charge on any atom is -0.396 e. The van der Waals surface area contributed by atoms with Crippen molar-refractivity contribution in [3.63, 3.8) is 0 Å². The van der Waals surface area contributed by atoms with Gasteiger partial charge in [-0.3, -0.25) is 4.98 Å². The number of hydrogen-bond donors (Lipinski definition) is 2. The minimum absolute atomic E-state index is 0.163. The van der Waals surface area contributed by atoms with E-state index in [1.807, 2.05) is 38.1 Å². The van der Waals surface area contributed by atoms with Crippen molar-refractivity contribution in [3.8, 4) is 0 Å². The normalized spacial score (nSPS) is 17.4. The van der Waals surface area contributed by atoms with Gasteiger partial charge >= 0.3 is 0 Å². The fraction of sp³-hybridized carbons (Fsp3) is 0.345. The van der Waals surface area contributed by atoms with Gasteiger partial charge in [0.25, 0.3) is 10.0 Å². The molecule has 0 spiro atoms. The van der Waals surface area contributed by atoms with E-state index in [9.17, 15) is 13.5 Å². The van der Waals surface area contributed by atoms with Crippen molar-refractivity contribution in [2.45, 2.75) is 37.0 Å². The fourth-order valence-electron chi connectivity index (χ4n) is 5.48. The summed E-state index contributed by atoms with van der Waals surface area (Å²) in [5.74, 6) is 1.11. The molecule has 6 rings (SSSR count). The Morgan fingerprint density at radius 2 is 1.77 bits per heavy atom. The second-order valence-electron chi connectivity index (χ2n) is 10.9. The van der Waals surface area contributed by atoms with Gasteiger partial charge in [-0.25, -0.2) is 17.7 Å². The van der Waals surface area contributed by atoms with Crippen LogP contribution >= 0.6 is 0 Å². The van der Waals surface area contributed by atoms with Crippen LogP contribution in [-0.2, 0) is 15.4 Å². The smallest absolute Gasteiger partial charge is 0.267 e. The maximum Gasteiger partial charge on any atom is 0.267 e. The van der Waals surface area contributed by atoms with Crippen molar-refractivity contribution < 1.29 is 13.5 Å². The molecule has 9 nitrogen and oxygen atoms in total. The Hall–Kier alpha value is -3.76. The predicted molar refractivity (Wildman–Crippen MR) is 153 cm³/mol. The average Bonchev–Trinajstić information content (AvgIpc) is 3.23. The molecular formula is C29H32N6O3S. The number of fused-ring (bicyclic) bond motifs is 2. The minimum atomic E-state index is -3.93. The summed E-state index contributed by atoms with van der Waals surface area (Å²) in [6.45, 7) is 6.37. The van der Waals surface area contributed by atoms with Crippen molar-refractivity contribution in [1.82, 2.24) is 15.0 Å². The number of aliphatic hydroxyl groups excluding tert-OH is 1. The van der Waals surface area contributed by atoms with Gasteiger partial charge in [0.1, 0.15) is 4.90 Å². The first-order chi connectivity index (χ1) is 18.8. The molecule has 2 aliphatic rings. The summed E-state index contributed by atoms with van der Waals surface area (Å²) in [6, 6.07) is 16.9. The van der Waals surface area contributed by atoms with Gasteiger partial charge in [0.05, 0.1) is 5.52 Å². The van der Waals surface area contributed by atoms with Crippen molar-refractivity contribution in [2.24, 2.45) is 5.92 Å². The summed E-state index contributed by atoms with van der Waals surface area (Å²) >= 11 is 0. The van der Waals surface area contributed by atoms with E-state index in [0.717, 1.165) is 48.3 Å². The largest absolute Gasteiger partial charge is 0.396 e. The Kier molecular flexibility index (Phi) is 6.39. The summed E-state index contributed by atoms with van der Waals surface area (Å²) in [5, 5.41) is 13.4. The first-order valence-electron chi connectivity index (χ1n) is 13.2. The Labute approximate surface area is 228 Å². The Morgan fingerprint density at radius 3 is 2.51 bits per heavy atom. The molecule has 1 saturated heterocycles. The summed E-state index contributed by atoms with van der Waals surface area (Å²) in [4.78, 5) is 16.1. The van der Waals surface area contributed by atoms with E-state index in [0.29, 0.717) is 23.2 Å². The molecule has 0 unspecified atom stereocenters. The van der Waals surface area contributed by atoms with Crippen molar-refractivity contribution in [1.29, 1.82) is 0 Å². The number of aromatic nitrogens is 3. The summed E-state index contributed by atoms with van der Waals surface area (Å²) < 4.78 is 29.4. The highest BCUT2D eigenvalue weighted by Crippen LogP contribution is 2.42. The third kappa shape index (κ3) is 4.68. The van der Waals surface area contributed by atoms with E-state index in [4.69, 9.17) is 4.98 Å². The van der Waals surface area contributed by atoms with Crippen LogP contribution in [0.5, 0.6) is 0 Å². The molecule has 4 heterocycles. The lowest BCUT2D eigenvalue weighted by molar-refractivity contribution is 0.203. The van der Waals surface area contributed by atoms with Gasteiger partial charge < -0.3 is 15.3 Å². The average molecular weight is 545 g/mol. The zero-order valence-electron chi connectivity index (χ0n) is 22.1. The molecule has 0 saturated carbocycles. The standard InChI is InChI=1S/C29H32N6O3S/c1-29(2)19-35(39(37,38)25-7-3-5-21-6-4-14-30-26(21)25)27-24(29)17-31-28(33-27)32-22-8-10-23(11-9-22)34-15-12-20(18-36)13-16-34/h3-11,14,17,20,36H,12-13,15-16,18-19H2,1-2H3,(H,31,32,33). The van der Waals surface area contributed by atoms with Crippen LogP contribution in [0.25, 0.3) is 10.9 Å². The molecule has 0 bridgehead atoms. The summed E-state index contributed by atoms with van der Waals surface area (Å²) in [6.07, 6.45) is 5.31. The van der Waals surface area contributed by atoms with Crippen molar-refractivity contribution in [3.05, 3.63) is 72.6 Å². The molecule has 2 N–H and O–H groups in total. The fourth-order valence-corrected chi connectivity index (χ4v) is 7.24. The SMILES string of the molecule is CC1(C)CN(S(=O)(=O)c2cccc3cccnc23)c2nc(Nc3ccc(N4CCC(CO)CC4)cc3)ncc21. The molecule has 0 radical (unpaired) electrons. The quantitative estimate of drug-likeness (QED) is 0.366. The van der Waals surface area contributed by atoms with E-state index in [2.05, 4.69) is 32.3 Å². The van der Waals surface area contributed by atoms with E-state index in [1.54, 1.807) is 30.6 Å². The summed E-state index contributed by atoms with van der Waals surface area (Å²) in [7, 11) is -3.93. The molecule has 39 heavy (non-hydrogen) atoms. The van der Waals surface area contributed by atoms with Crippen LogP contribution in [0.4, 0.5) is 23.1 Å². The summed E-state index contributed by atoms with van der Waals surface area (Å²) in [5.41, 5.74) is 2.72. The van der Waals surface area contributed by atoms with Crippen LogP contribution < -0.4 is 14.5 Å². The lowest BCUT2D eigenvalue weighted by atomic mass is 9.89. The topological polar surface area (TPSA) is 112 Å². The van der Waals surface area contributed by atoms with E-state index >= 15 is 0 Å². The van der Waals surface area contributed by atoms with Crippen LogP contribution in [0.1, 0.15) is 32.3 Å². The molecule has 0 aliphatic carbocycles. The number of anilines is 4. The van der Waals surface area contributed by atoms with Gasteiger partial charge in [0.15, 0.2) is 5.82 Å². The van der Waals surface area contributed by atoms with Crippen LogP contribution in [0.2, 0.25) is 0 Å². The number of hydrogen-bond acceptors (Lipinski definition) is 8. The molecule has 202 valence electrons. The number of nitrogens with zero attached hydrogens (tertiary/aromatic N) is 5. The third-order valence-corrected chi connectivity index (χ3v) is 9.57. The highest BCUT2D eigenvalue weighted by molar-refractivity contribution is 7.93. The molecule has 4 aromatic rings. The maximum absolute atomic E-state index is 14.0. The molecule has 0 amide bonds. The Bertz CT molecular complexity index is 1610. The van der Waals surface area contributed by atoms with E-state index < -0.39 is 15.4 Å². The highest BCUT2D eigenvalue weighted by atomic mass is 32.2. The number of sulfonamides is 1. The van der Waals surface area contributed by atoms with Crippen LogP contribution in [0, 0.1) is 5.92 Å². The van der Waals surface area contributed by atoms with Crippen LogP contribution in [0.3, 0.4) is 0 Å². The van der Waals surface area contributed by atoms with Gasteiger partial charge in [0.2, 0.25) is 5.95 Å². The number of aliphatic hydroxyl groups is 1. The molecule has 2 aliphatic heterocycles. The zero-order chi connectivity index (χ0) is 27.2. The van der Waals surface area contributed by atoms with Gasteiger partial charge in [-0.2, -0.15) is 4.98 Å². The number of pyridine rings is 1. The lowest BCUT2D eigenvalue weighted by Gasteiger charge is -2.32. The number of benzene rings is 2. The molecule has 0 atom stereocenters. The molecule has 2 aromatic carbocycles. The monoisotopic (exact) mass is 544 g/mol. The number of piperidine rings is 1. The van der Waals surface area contributed by atoms with E-state index in [-0.39, 0.29) is 18.0 Å². The van der Waals surface area contributed by atoms with Gasteiger partial charge in [0, 0.05) is 66.4 Å². The number of nitrogens with one attached hydrogen (secondary N) is 1. The van der Waals surface area contributed by atoms with Crippen LogP contribution in [-0.4, -0.2) is 54.7 Å². The first-order valence-corrected chi connectivity index (χ1v) is 14.7. The molecule has 10 heteroatoms. The van der Waals surface area contributed by atoms with Gasteiger partial charge in [-0.15, -0.1) is 0 Å². The lowest BCUT2D eigenvalue weighted by Crippen LogP contribution is -2.34. The number of rotatable bonds is 6. The number of para-hydroxylation sites is 1. The Morgan fingerprint density at radius 1 is 1.03 bits per heavy atom.